The first-order chi connectivity index (χ1) is 13.5. The van der Waals surface area contributed by atoms with Crippen molar-refractivity contribution in [1.29, 1.82) is 0 Å². The van der Waals surface area contributed by atoms with Crippen LogP contribution in [0.1, 0.15) is 11.1 Å². The number of aryl methyl sites for hydroxylation is 2. The fourth-order valence-electron chi connectivity index (χ4n) is 3.13. The molecule has 0 atom stereocenters. The van der Waals surface area contributed by atoms with E-state index in [1.807, 2.05) is 54.6 Å². The molecule has 8 heteroatoms. The number of para-hydroxylation sites is 1. The molecule has 2 aromatic heterocycles. The highest BCUT2D eigenvalue weighted by molar-refractivity contribution is 7.99. The Morgan fingerprint density at radius 3 is 2.71 bits per heavy atom. The molecule has 4 aromatic rings. The number of esters is 1. The Kier molecular flexibility index (Phi) is 4.64. The van der Waals surface area contributed by atoms with E-state index in [0.717, 1.165) is 16.8 Å². The predicted octanol–water partition coefficient (Wildman–Crippen LogP) is 2.92. The molecule has 2 heterocycles. The van der Waals surface area contributed by atoms with Crippen LogP contribution in [0.25, 0.3) is 22.4 Å². The highest BCUT2D eigenvalue weighted by Crippen LogP contribution is 2.24. The first-order valence-electron chi connectivity index (χ1n) is 8.67. The molecule has 0 spiro atoms. The lowest BCUT2D eigenvalue weighted by Gasteiger charge is -2.13. The maximum absolute atomic E-state index is 13.3. The number of nitrogens with zero attached hydrogens (tertiary/aromatic N) is 4. The second kappa shape index (κ2) is 7.12. The third kappa shape index (κ3) is 2.95. The van der Waals surface area contributed by atoms with E-state index in [1.165, 1.54) is 18.9 Å². The topological polar surface area (TPSA) is 78.5 Å². The van der Waals surface area contributed by atoms with E-state index in [9.17, 15) is 9.59 Å². The number of thioether (sulfide) groups is 1. The number of aromatic nitrogens is 4. The number of benzene rings is 2. The first kappa shape index (κ1) is 18.2. The molecule has 0 unspecified atom stereocenters. The molecule has 0 N–H and O–H groups in total. The third-order valence-electron chi connectivity index (χ3n) is 4.55. The Balaban J connectivity index is 2.06. The number of hydrogen-bond acceptors (Lipinski definition) is 6. The number of carbonyl (C=O) groups excluding carboxylic acids is 1. The van der Waals surface area contributed by atoms with Crippen LogP contribution in [0.15, 0.2) is 52.4 Å². The normalized spacial score (nSPS) is 11.2. The Hall–Kier alpha value is -3.13. The predicted molar refractivity (Wildman–Crippen MR) is 108 cm³/mol. The van der Waals surface area contributed by atoms with Crippen LogP contribution in [0.4, 0.5) is 0 Å². The van der Waals surface area contributed by atoms with Gasteiger partial charge in [-0.15, -0.1) is 10.2 Å². The van der Waals surface area contributed by atoms with Gasteiger partial charge in [-0.2, -0.15) is 0 Å². The summed E-state index contributed by atoms with van der Waals surface area (Å²) < 4.78 is 8.11. The second-order valence-electron chi connectivity index (χ2n) is 6.43. The summed E-state index contributed by atoms with van der Waals surface area (Å²) in [7, 11) is 1.35. The van der Waals surface area contributed by atoms with Gasteiger partial charge in [0.1, 0.15) is 0 Å². The van der Waals surface area contributed by atoms with E-state index in [0.29, 0.717) is 21.8 Å². The Morgan fingerprint density at radius 1 is 1.14 bits per heavy atom. The molecular formula is C20H18N4O3S. The lowest BCUT2D eigenvalue weighted by atomic mass is 10.1. The van der Waals surface area contributed by atoms with Crippen LogP contribution >= 0.6 is 11.8 Å². The van der Waals surface area contributed by atoms with E-state index < -0.39 is 0 Å². The number of rotatable bonds is 4. The molecule has 0 fully saturated rings. The molecule has 28 heavy (non-hydrogen) atoms. The van der Waals surface area contributed by atoms with Gasteiger partial charge in [-0.3, -0.25) is 14.0 Å². The van der Waals surface area contributed by atoms with E-state index >= 15 is 0 Å². The highest BCUT2D eigenvalue weighted by atomic mass is 32.2. The summed E-state index contributed by atoms with van der Waals surface area (Å²) in [5.74, 6) is 0.160. The van der Waals surface area contributed by atoms with Crippen molar-refractivity contribution < 1.29 is 9.53 Å². The van der Waals surface area contributed by atoms with Gasteiger partial charge in [-0.1, -0.05) is 36.0 Å². The van der Waals surface area contributed by atoms with Crippen molar-refractivity contribution in [2.24, 2.45) is 0 Å². The molecule has 0 bridgehead atoms. The second-order valence-corrected chi connectivity index (χ2v) is 7.37. The standard InChI is InChI=1S/C20H18N4O3S/c1-12-8-9-13(2)16(10-12)23-18(26)14-6-4-5-7-15(14)24-19(23)21-22-20(24)28-11-17(25)27-3/h4-10H,11H2,1-3H3. The maximum Gasteiger partial charge on any atom is 0.316 e. The summed E-state index contributed by atoms with van der Waals surface area (Å²) in [5.41, 5.74) is 3.29. The fraction of sp³-hybridized carbons (Fsp3) is 0.200. The van der Waals surface area contributed by atoms with Gasteiger partial charge in [0.2, 0.25) is 5.78 Å². The quantitative estimate of drug-likeness (QED) is 0.391. The van der Waals surface area contributed by atoms with Crippen molar-refractivity contribution in [2.45, 2.75) is 19.0 Å². The average Bonchev–Trinajstić information content (AvgIpc) is 3.12. The van der Waals surface area contributed by atoms with Crippen molar-refractivity contribution in [2.75, 3.05) is 12.9 Å². The monoisotopic (exact) mass is 394 g/mol. The summed E-state index contributed by atoms with van der Waals surface area (Å²) in [6.07, 6.45) is 0. The zero-order valence-electron chi connectivity index (χ0n) is 15.7. The Morgan fingerprint density at radius 2 is 1.93 bits per heavy atom. The van der Waals surface area contributed by atoms with E-state index in [2.05, 4.69) is 10.2 Å². The van der Waals surface area contributed by atoms with Crippen molar-refractivity contribution in [3.63, 3.8) is 0 Å². The molecule has 0 aliphatic heterocycles. The highest BCUT2D eigenvalue weighted by Gasteiger charge is 2.19. The van der Waals surface area contributed by atoms with Gasteiger partial charge in [0.15, 0.2) is 5.16 Å². The van der Waals surface area contributed by atoms with Gasteiger partial charge >= 0.3 is 5.97 Å². The van der Waals surface area contributed by atoms with Crippen molar-refractivity contribution in [1.82, 2.24) is 19.2 Å². The average molecular weight is 394 g/mol. The molecule has 0 aliphatic rings. The molecule has 0 saturated heterocycles. The molecule has 2 aromatic carbocycles. The van der Waals surface area contributed by atoms with Crippen molar-refractivity contribution >= 4 is 34.4 Å². The van der Waals surface area contributed by atoms with Crippen LogP contribution in [0, 0.1) is 13.8 Å². The van der Waals surface area contributed by atoms with Gasteiger partial charge in [-0.25, -0.2) is 4.57 Å². The third-order valence-corrected chi connectivity index (χ3v) is 5.45. The van der Waals surface area contributed by atoms with Gasteiger partial charge in [0.25, 0.3) is 5.56 Å². The van der Waals surface area contributed by atoms with Gasteiger partial charge < -0.3 is 4.74 Å². The van der Waals surface area contributed by atoms with Crippen LogP contribution in [-0.2, 0) is 9.53 Å². The van der Waals surface area contributed by atoms with Crippen molar-refractivity contribution in [3.8, 4) is 5.69 Å². The summed E-state index contributed by atoms with van der Waals surface area (Å²) in [4.78, 5) is 24.9. The summed E-state index contributed by atoms with van der Waals surface area (Å²) >= 11 is 1.22. The Labute approximate surface area is 165 Å². The number of ether oxygens (including phenoxy) is 1. The molecule has 0 amide bonds. The van der Waals surface area contributed by atoms with Crippen LogP contribution in [-0.4, -0.2) is 38.0 Å². The smallest absolute Gasteiger partial charge is 0.316 e. The zero-order chi connectivity index (χ0) is 19.8. The lowest BCUT2D eigenvalue weighted by molar-refractivity contribution is -0.137. The van der Waals surface area contributed by atoms with E-state index in [1.54, 1.807) is 10.6 Å². The number of methoxy groups -OCH3 is 1. The lowest BCUT2D eigenvalue weighted by Crippen LogP contribution is -2.22. The van der Waals surface area contributed by atoms with Crippen LogP contribution in [0.2, 0.25) is 0 Å². The summed E-state index contributed by atoms with van der Waals surface area (Å²) in [5, 5.41) is 9.60. The van der Waals surface area contributed by atoms with Crippen LogP contribution in [0.5, 0.6) is 0 Å². The molecule has 4 rings (SSSR count). The number of carbonyl (C=O) groups is 1. The number of hydrogen-bond donors (Lipinski definition) is 0. The van der Waals surface area contributed by atoms with Gasteiger partial charge in [-0.05, 0) is 43.2 Å². The first-order valence-corrected chi connectivity index (χ1v) is 9.66. The molecule has 0 aliphatic carbocycles. The molecule has 7 nitrogen and oxygen atoms in total. The summed E-state index contributed by atoms with van der Waals surface area (Å²) in [6.45, 7) is 3.93. The van der Waals surface area contributed by atoms with E-state index in [4.69, 9.17) is 4.74 Å². The molecule has 0 saturated carbocycles. The minimum Gasteiger partial charge on any atom is -0.468 e. The van der Waals surface area contributed by atoms with Gasteiger partial charge in [0.05, 0.1) is 29.5 Å². The largest absolute Gasteiger partial charge is 0.468 e. The molecule has 142 valence electrons. The maximum atomic E-state index is 13.3. The Bertz CT molecular complexity index is 1280. The van der Waals surface area contributed by atoms with Gasteiger partial charge in [0, 0.05) is 0 Å². The van der Waals surface area contributed by atoms with Crippen molar-refractivity contribution in [3.05, 3.63) is 63.9 Å². The SMILES string of the molecule is COC(=O)CSc1nnc2n(-c3cc(C)ccc3C)c(=O)c3ccccc3n12. The minimum atomic E-state index is -0.353. The molecule has 0 radical (unpaired) electrons. The van der Waals surface area contributed by atoms with Crippen LogP contribution < -0.4 is 5.56 Å². The zero-order valence-corrected chi connectivity index (χ0v) is 16.5. The summed E-state index contributed by atoms with van der Waals surface area (Å²) in [6, 6.07) is 13.3. The minimum absolute atomic E-state index is 0.105. The fourth-order valence-corrected chi connectivity index (χ4v) is 3.90. The number of fused-ring (bicyclic) bond motifs is 3. The molecular weight excluding hydrogens is 376 g/mol. The van der Waals surface area contributed by atoms with E-state index in [-0.39, 0.29) is 17.3 Å². The van der Waals surface area contributed by atoms with Crippen LogP contribution in [0.3, 0.4) is 0 Å².